The molecule has 0 spiro atoms. The Morgan fingerprint density at radius 1 is 0.811 bits per heavy atom. The first-order valence-electron chi connectivity index (χ1n) is 17.4. The predicted molar refractivity (Wildman–Crippen MR) is 202 cm³/mol. The zero-order valence-corrected chi connectivity index (χ0v) is 31.2. The van der Waals surface area contributed by atoms with Crippen molar-refractivity contribution in [1.29, 1.82) is 0 Å². The molecular formula is C39H49N3O10S. The zero-order chi connectivity index (χ0) is 39.0. The quantitative estimate of drug-likeness (QED) is 0.143. The van der Waals surface area contributed by atoms with E-state index in [9.17, 15) is 4.79 Å². The van der Waals surface area contributed by atoms with Crippen LogP contribution in [0.4, 0.5) is 5.69 Å². The van der Waals surface area contributed by atoms with Crippen molar-refractivity contribution in [3.8, 4) is 5.75 Å². The Morgan fingerprint density at radius 2 is 1.38 bits per heavy atom. The molecule has 1 amide bonds. The van der Waals surface area contributed by atoms with Gasteiger partial charge in [-0.3, -0.25) is 4.79 Å². The minimum atomic E-state index is -1.82. The van der Waals surface area contributed by atoms with E-state index in [-0.39, 0.29) is 5.91 Å². The van der Waals surface area contributed by atoms with E-state index in [0.717, 1.165) is 60.2 Å². The number of piperidine rings is 1. The van der Waals surface area contributed by atoms with Crippen LogP contribution in [0.1, 0.15) is 43.2 Å². The molecule has 1 unspecified atom stereocenters. The summed E-state index contributed by atoms with van der Waals surface area (Å²) in [4.78, 5) is 58.1. The van der Waals surface area contributed by atoms with E-state index < -0.39 is 28.6 Å². The van der Waals surface area contributed by atoms with Crippen molar-refractivity contribution in [3.63, 3.8) is 0 Å². The SMILES string of the molecule is CN(C)CCCC1(c2ccc(OCCCN3CCC(Cc4ccccc4)CC3)cc2)Sc2ccccc2N(C)C1=O.O=C(O)C(=O)O.O=C(O)C(=O)O. The number of thioether (sulfide) groups is 1. The van der Waals surface area contributed by atoms with Gasteiger partial charge in [-0.05, 0) is 114 Å². The molecule has 2 aliphatic rings. The van der Waals surface area contributed by atoms with E-state index in [1.807, 2.05) is 36.2 Å². The molecule has 1 atom stereocenters. The molecule has 3 aromatic carbocycles. The van der Waals surface area contributed by atoms with Gasteiger partial charge in [0.25, 0.3) is 0 Å². The Hall–Kier alpha value is -4.92. The molecule has 3 aromatic rings. The van der Waals surface area contributed by atoms with Crippen LogP contribution in [-0.4, -0.2) is 114 Å². The number of nitrogens with zero attached hydrogens (tertiary/aromatic N) is 3. The van der Waals surface area contributed by atoms with Crippen LogP contribution in [0.2, 0.25) is 0 Å². The summed E-state index contributed by atoms with van der Waals surface area (Å²) < 4.78 is 5.52. The molecule has 286 valence electrons. The van der Waals surface area contributed by atoms with Gasteiger partial charge in [0.15, 0.2) is 0 Å². The molecule has 2 aliphatic heterocycles. The van der Waals surface area contributed by atoms with Gasteiger partial charge in [0.2, 0.25) is 5.91 Å². The molecule has 0 saturated carbocycles. The Morgan fingerprint density at radius 3 is 1.94 bits per heavy atom. The largest absolute Gasteiger partial charge is 0.494 e. The van der Waals surface area contributed by atoms with E-state index in [1.54, 1.807) is 11.8 Å². The van der Waals surface area contributed by atoms with Gasteiger partial charge in [0.1, 0.15) is 10.5 Å². The van der Waals surface area contributed by atoms with Gasteiger partial charge in [-0.2, -0.15) is 0 Å². The Kier molecular flexibility index (Phi) is 16.8. The molecule has 14 heteroatoms. The van der Waals surface area contributed by atoms with Crippen molar-refractivity contribution in [2.45, 2.75) is 48.2 Å². The number of anilines is 1. The van der Waals surface area contributed by atoms with Gasteiger partial charge in [-0.15, -0.1) is 11.8 Å². The number of carbonyl (C=O) groups is 5. The molecule has 5 rings (SSSR count). The summed E-state index contributed by atoms with van der Waals surface area (Å²) in [5.41, 5.74) is 3.51. The standard InChI is InChI=1S/C35H45N3O2S.2C2H2O4/c1-36(2)22-9-21-35(34(39)37(3)32-13-7-8-14-33(32)41-35)30-15-17-31(18-16-30)40-26-10-23-38-24-19-29(20-25-38)27-28-11-5-4-6-12-28;2*3-1(4)2(5)6/h4-8,11-18,29H,9-10,19-27H2,1-3H3;2*(H,3,4)(H,5,6). The predicted octanol–water partition coefficient (Wildman–Crippen LogP) is 5.03. The molecule has 13 nitrogen and oxygen atoms in total. The normalized spacial score (nSPS) is 17.1. The molecule has 0 bridgehead atoms. The summed E-state index contributed by atoms with van der Waals surface area (Å²) in [6, 6.07) is 27.4. The molecule has 53 heavy (non-hydrogen) atoms. The average molecular weight is 752 g/mol. The molecule has 2 heterocycles. The highest BCUT2D eigenvalue weighted by Gasteiger charge is 2.47. The van der Waals surface area contributed by atoms with Crippen LogP contribution >= 0.6 is 11.8 Å². The lowest BCUT2D eigenvalue weighted by atomic mass is 9.90. The molecular weight excluding hydrogens is 703 g/mol. The molecule has 0 aromatic heterocycles. The fourth-order valence-electron chi connectivity index (χ4n) is 6.22. The zero-order valence-electron chi connectivity index (χ0n) is 30.3. The number of rotatable bonds is 12. The van der Waals surface area contributed by atoms with Gasteiger partial charge in [0.05, 0.1) is 12.3 Å². The van der Waals surface area contributed by atoms with Crippen molar-refractivity contribution >= 4 is 47.2 Å². The highest BCUT2D eigenvalue weighted by atomic mass is 32.2. The number of ether oxygens (including phenoxy) is 1. The first-order valence-corrected chi connectivity index (χ1v) is 18.2. The number of likely N-dealkylation sites (tertiary alicyclic amines) is 1. The third kappa shape index (κ3) is 13.2. The highest BCUT2D eigenvalue weighted by molar-refractivity contribution is 8.01. The van der Waals surface area contributed by atoms with Gasteiger partial charge < -0.3 is 39.9 Å². The van der Waals surface area contributed by atoms with E-state index in [0.29, 0.717) is 6.61 Å². The van der Waals surface area contributed by atoms with Crippen LogP contribution < -0.4 is 9.64 Å². The number of para-hydroxylation sites is 1. The van der Waals surface area contributed by atoms with Crippen LogP contribution in [-0.2, 0) is 35.1 Å². The number of carboxylic acid groups (broad SMARTS) is 4. The number of fused-ring (bicyclic) bond motifs is 1. The molecule has 1 fully saturated rings. The lowest BCUT2D eigenvalue weighted by Gasteiger charge is -2.41. The van der Waals surface area contributed by atoms with Crippen molar-refractivity contribution < 1.29 is 49.1 Å². The number of aliphatic carboxylic acids is 4. The van der Waals surface area contributed by atoms with Crippen molar-refractivity contribution in [1.82, 2.24) is 9.80 Å². The van der Waals surface area contributed by atoms with E-state index in [4.69, 9.17) is 44.3 Å². The Balaban J connectivity index is 0.000000545. The molecule has 0 aliphatic carbocycles. The van der Waals surface area contributed by atoms with E-state index in [1.165, 1.54) is 37.9 Å². The minimum absolute atomic E-state index is 0.154. The molecule has 4 N–H and O–H groups in total. The number of carboxylic acids is 4. The second-order valence-electron chi connectivity index (χ2n) is 13.1. The third-order valence-corrected chi connectivity index (χ3v) is 10.5. The number of carbonyl (C=O) groups excluding carboxylic acids is 1. The van der Waals surface area contributed by atoms with Crippen molar-refractivity contribution in [2.24, 2.45) is 5.92 Å². The number of likely N-dealkylation sites (N-methyl/N-ethyl adjacent to an activating group) is 1. The van der Waals surface area contributed by atoms with Crippen LogP contribution in [0.15, 0.2) is 83.8 Å². The van der Waals surface area contributed by atoms with E-state index >= 15 is 0 Å². The monoisotopic (exact) mass is 751 g/mol. The van der Waals surface area contributed by atoms with Crippen LogP contribution in [0.25, 0.3) is 0 Å². The summed E-state index contributed by atoms with van der Waals surface area (Å²) in [7, 11) is 6.08. The summed E-state index contributed by atoms with van der Waals surface area (Å²) in [6.45, 7) is 5.12. The number of amides is 1. The lowest BCUT2D eigenvalue weighted by Crippen LogP contribution is -2.46. The van der Waals surface area contributed by atoms with Crippen molar-refractivity contribution in [2.75, 3.05) is 58.8 Å². The van der Waals surface area contributed by atoms with Gasteiger partial charge in [-0.25, -0.2) is 19.2 Å². The smallest absolute Gasteiger partial charge is 0.414 e. The summed E-state index contributed by atoms with van der Waals surface area (Å²) >= 11 is 1.71. The number of hydrogen-bond donors (Lipinski definition) is 4. The Bertz CT molecular complexity index is 1620. The average Bonchev–Trinajstić information content (AvgIpc) is 3.14. The van der Waals surface area contributed by atoms with Crippen molar-refractivity contribution in [3.05, 3.63) is 90.0 Å². The fourth-order valence-corrected chi connectivity index (χ4v) is 7.78. The maximum atomic E-state index is 13.9. The lowest BCUT2D eigenvalue weighted by molar-refractivity contribution is -0.159. The van der Waals surface area contributed by atoms with Crippen LogP contribution in [0.5, 0.6) is 5.75 Å². The molecule has 1 saturated heterocycles. The second-order valence-corrected chi connectivity index (χ2v) is 14.4. The van der Waals surface area contributed by atoms with E-state index in [2.05, 4.69) is 78.5 Å². The molecule has 0 radical (unpaired) electrons. The van der Waals surface area contributed by atoms with Crippen LogP contribution in [0.3, 0.4) is 0 Å². The topological polar surface area (TPSA) is 185 Å². The summed E-state index contributed by atoms with van der Waals surface area (Å²) in [5, 5.41) is 29.6. The number of hydrogen-bond acceptors (Lipinski definition) is 9. The first-order chi connectivity index (χ1) is 25.2. The van der Waals surface area contributed by atoms with Gasteiger partial charge in [-0.1, -0.05) is 54.6 Å². The van der Waals surface area contributed by atoms with Crippen LogP contribution in [0, 0.1) is 5.92 Å². The Labute approximate surface area is 314 Å². The summed E-state index contributed by atoms with van der Waals surface area (Å²) in [5.74, 6) is -5.46. The summed E-state index contributed by atoms with van der Waals surface area (Å²) in [6.07, 6.45) is 6.53. The second kappa shape index (κ2) is 20.9. The minimum Gasteiger partial charge on any atom is -0.494 e. The third-order valence-electron chi connectivity index (χ3n) is 8.94. The van der Waals surface area contributed by atoms with Gasteiger partial charge >= 0.3 is 23.9 Å². The first kappa shape index (κ1) is 42.5. The fraction of sp³-hybridized carbons (Fsp3) is 0.410. The number of benzene rings is 3. The maximum Gasteiger partial charge on any atom is 0.414 e. The highest BCUT2D eigenvalue weighted by Crippen LogP contribution is 2.53. The van der Waals surface area contributed by atoms with Gasteiger partial charge in [0, 0.05) is 18.5 Å². The maximum absolute atomic E-state index is 13.9.